The van der Waals surface area contributed by atoms with Crippen LogP contribution in [-0.2, 0) is 11.2 Å². The highest BCUT2D eigenvalue weighted by Gasteiger charge is 2.25. The number of hydrogen-bond acceptors (Lipinski definition) is 5. The van der Waals surface area contributed by atoms with E-state index in [1.54, 1.807) is 18.5 Å². The molecule has 5 rings (SSSR count). The van der Waals surface area contributed by atoms with Crippen molar-refractivity contribution >= 4 is 17.3 Å². The van der Waals surface area contributed by atoms with E-state index in [0.717, 1.165) is 42.2 Å². The number of pyridine rings is 1. The number of nitrogens with zero attached hydrogens (tertiary/aromatic N) is 2. The predicted molar refractivity (Wildman–Crippen MR) is 130 cm³/mol. The van der Waals surface area contributed by atoms with Gasteiger partial charge in [-0.25, -0.2) is 4.79 Å². The van der Waals surface area contributed by atoms with Crippen LogP contribution in [0.25, 0.3) is 0 Å². The zero-order chi connectivity index (χ0) is 22.8. The van der Waals surface area contributed by atoms with Crippen LogP contribution in [0.2, 0.25) is 0 Å². The quantitative estimate of drug-likeness (QED) is 0.419. The van der Waals surface area contributed by atoms with Gasteiger partial charge in [0.1, 0.15) is 5.75 Å². The number of aromatic nitrogens is 1. The largest absolute Gasteiger partial charge is 0.493 e. The van der Waals surface area contributed by atoms with E-state index in [2.05, 4.69) is 59.4 Å². The van der Waals surface area contributed by atoms with E-state index in [1.165, 1.54) is 36.8 Å². The van der Waals surface area contributed by atoms with Crippen molar-refractivity contribution in [3.8, 4) is 5.75 Å². The molecule has 5 nitrogen and oxygen atoms in total. The minimum atomic E-state index is -0.308. The van der Waals surface area contributed by atoms with E-state index < -0.39 is 0 Å². The van der Waals surface area contributed by atoms with Crippen LogP contribution in [0, 0.1) is 0 Å². The fourth-order valence-corrected chi connectivity index (χ4v) is 4.76. The van der Waals surface area contributed by atoms with Crippen molar-refractivity contribution < 1.29 is 14.3 Å². The number of ether oxygens (including phenoxy) is 2. The summed E-state index contributed by atoms with van der Waals surface area (Å²) < 4.78 is 11.0. The molecule has 0 amide bonds. The molecule has 1 aliphatic carbocycles. The van der Waals surface area contributed by atoms with E-state index in [1.807, 2.05) is 0 Å². The van der Waals surface area contributed by atoms with Crippen molar-refractivity contribution in [1.29, 1.82) is 0 Å². The molecule has 1 saturated carbocycles. The lowest BCUT2D eigenvalue weighted by atomic mass is 9.87. The molecule has 0 radical (unpaired) electrons. The molecule has 2 heterocycles. The van der Waals surface area contributed by atoms with Gasteiger partial charge in [0.15, 0.2) is 0 Å². The van der Waals surface area contributed by atoms with Gasteiger partial charge in [-0.2, -0.15) is 0 Å². The summed E-state index contributed by atoms with van der Waals surface area (Å²) in [6, 6.07) is 17.2. The van der Waals surface area contributed by atoms with Crippen molar-refractivity contribution in [2.75, 3.05) is 25.7 Å². The van der Waals surface area contributed by atoms with Crippen molar-refractivity contribution in [1.82, 2.24) is 4.98 Å². The van der Waals surface area contributed by atoms with Crippen LogP contribution in [0.1, 0.15) is 64.6 Å². The van der Waals surface area contributed by atoms with Gasteiger partial charge in [0.25, 0.3) is 0 Å². The van der Waals surface area contributed by atoms with Crippen molar-refractivity contribution in [2.24, 2.45) is 0 Å². The Bertz CT molecular complexity index is 1140. The third kappa shape index (κ3) is 4.58. The average Bonchev–Trinajstić information content (AvgIpc) is 3.72. The van der Waals surface area contributed by atoms with E-state index >= 15 is 0 Å². The number of hydrogen-bond donors (Lipinski definition) is 0. The Morgan fingerprint density at radius 3 is 2.64 bits per heavy atom. The summed E-state index contributed by atoms with van der Waals surface area (Å²) in [5.74, 6) is 1.81. The number of carbonyl (C=O) groups excluding carboxylic acids is 1. The van der Waals surface area contributed by atoms with Gasteiger partial charge in [-0.3, -0.25) is 4.98 Å². The van der Waals surface area contributed by atoms with E-state index in [9.17, 15) is 4.79 Å². The molecule has 3 aromatic rings. The summed E-state index contributed by atoms with van der Waals surface area (Å²) in [7, 11) is 3.52. The van der Waals surface area contributed by atoms with Crippen LogP contribution >= 0.6 is 0 Å². The molecule has 2 aliphatic rings. The summed E-state index contributed by atoms with van der Waals surface area (Å²) in [4.78, 5) is 18.5. The number of methoxy groups -OCH3 is 1. The van der Waals surface area contributed by atoms with Crippen LogP contribution in [-0.4, -0.2) is 31.7 Å². The maximum atomic E-state index is 12.1. The van der Waals surface area contributed by atoms with Gasteiger partial charge in [-0.1, -0.05) is 18.2 Å². The number of fused-ring (bicyclic) bond motifs is 1. The standard InChI is InChI=1S/C28H30N2O3/c1-30(23-9-7-20(8-10-23)19-3-4-19)24-11-12-25-21(14-16-33-27(25)17-24)5-6-22-18-29-15-13-26(22)28(31)32-2/h7-13,15,17-19,21H,3-6,14,16H2,1-2H3/t21-/m1/s1. The third-order valence-electron chi connectivity index (χ3n) is 6.95. The van der Waals surface area contributed by atoms with Gasteiger partial charge in [0, 0.05) is 36.9 Å². The zero-order valence-electron chi connectivity index (χ0n) is 19.3. The fraction of sp³-hybridized carbons (Fsp3) is 0.357. The monoisotopic (exact) mass is 442 g/mol. The molecule has 1 fully saturated rings. The average molecular weight is 443 g/mol. The molecule has 0 unspecified atom stereocenters. The van der Waals surface area contributed by atoms with Crippen molar-refractivity contribution in [3.63, 3.8) is 0 Å². The maximum Gasteiger partial charge on any atom is 0.338 e. The lowest BCUT2D eigenvalue weighted by molar-refractivity contribution is 0.0599. The number of esters is 1. The SMILES string of the molecule is COC(=O)c1ccncc1CC[C@@H]1CCOc2cc(N(C)c3ccc(C4CC4)cc3)ccc21. The second-order valence-electron chi connectivity index (χ2n) is 9.04. The smallest absolute Gasteiger partial charge is 0.338 e. The Kier molecular flexibility index (Phi) is 6.03. The van der Waals surface area contributed by atoms with Gasteiger partial charge >= 0.3 is 5.97 Å². The van der Waals surface area contributed by atoms with Crippen LogP contribution < -0.4 is 9.64 Å². The van der Waals surface area contributed by atoms with Crippen molar-refractivity contribution in [3.05, 3.63) is 83.2 Å². The third-order valence-corrected chi connectivity index (χ3v) is 6.95. The second kappa shape index (κ2) is 9.26. The van der Waals surface area contributed by atoms with E-state index in [-0.39, 0.29) is 5.97 Å². The van der Waals surface area contributed by atoms with Gasteiger partial charge < -0.3 is 14.4 Å². The van der Waals surface area contributed by atoms with Crippen LogP contribution in [0.4, 0.5) is 11.4 Å². The number of benzene rings is 2. The molecular formula is C28H30N2O3. The molecule has 1 atom stereocenters. The minimum absolute atomic E-state index is 0.308. The van der Waals surface area contributed by atoms with E-state index in [4.69, 9.17) is 9.47 Å². The topological polar surface area (TPSA) is 51.7 Å². The number of aryl methyl sites for hydroxylation is 1. The van der Waals surface area contributed by atoms with E-state index in [0.29, 0.717) is 18.1 Å². The van der Waals surface area contributed by atoms with Gasteiger partial charge in [-0.05, 0) is 84.9 Å². The first-order valence-electron chi connectivity index (χ1n) is 11.8. The highest BCUT2D eigenvalue weighted by molar-refractivity contribution is 5.90. The summed E-state index contributed by atoms with van der Waals surface area (Å²) in [6.45, 7) is 0.706. The molecule has 33 heavy (non-hydrogen) atoms. The Hall–Kier alpha value is -3.34. The molecule has 1 aromatic heterocycles. The molecule has 170 valence electrons. The Labute approximate surface area is 195 Å². The first-order valence-corrected chi connectivity index (χ1v) is 11.8. The zero-order valence-corrected chi connectivity index (χ0v) is 19.3. The molecular weight excluding hydrogens is 412 g/mol. The first-order chi connectivity index (χ1) is 16.1. The number of carbonyl (C=O) groups is 1. The van der Waals surface area contributed by atoms with Crippen LogP contribution in [0.3, 0.4) is 0 Å². The second-order valence-corrected chi connectivity index (χ2v) is 9.04. The molecule has 1 aliphatic heterocycles. The lowest BCUT2D eigenvalue weighted by Crippen LogP contribution is -2.17. The molecule has 0 spiro atoms. The Morgan fingerprint density at radius 1 is 1.09 bits per heavy atom. The molecule has 0 bridgehead atoms. The normalized spacial score (nSPS) is 17.1. The minimum Gasteiger partial charge on any atom is -0.493 e. The number of rotatable bonds is 7. The molecule has 0 saturated heterocycles. The van der Waals surface area contributed by atoms with Crippen LogP contribution in [0.5, 0.6) is 5.75 Å². The van der Waals surface area contributed by atoms with Crippen LogP contribution in [0.15, 0.2) is 60.9 Å². The first kappa shape index (κ1) is 21.5. The molecule has 0 N–H and O–H groups in total. The van der Waals surface area contributed by atoms with Gasteiger partial charge in [-0.15, -0.1) is 0 Å². The Balaban J connectivity index is 1.31. The Morgan fingerprint density at radius 2 is 1.88 bits per heavy atom. The summed E-state index contributed by atoms with van der Waals surface area (Å²) >= 11 is 0. The highest BCUT2D eigenvalue weighted by atomic mass is 16.5. The maximum absolute atomic E-state index is 12.1. The predicted octanol–water partition coefficient (Wildman–Crippen LogP) is 6.01. The number of anilines is 2. The van der Waals surface area contributed by atoms with Crippen molar-refractivity contribution in [2.45, 2.75) is 43.9 Å². The highest BCUT2D eigenvalue weighted by Crippen LogP contribution is 2.42. The summed E-state index contributed by atoms with van der Waals surface area (Å²) in [5.41, 5.74) is 6.53. The lowest BCUT2D eigenvalue weighted by Gasteiger charge is -2.28. The summed E-state index contributed by atoms with van der Waals surface area (Å²) in [5, 5.41) is 0. The fourth-order valence-electron chi connectivity index (χ4n) is 4.76. The molecule has 5 heteroatoms. The molecule has 2 aromatic carbocycles. The van der Waals surface area contributed by atoms with Gasteiger partial charge in [0.2, 0.25) is 0 Å². The van der Waals surface area contributed by atoms with Gasteiger partial charge in [0.05, 0.1) is 19.3 Å². The summed E-state index contributed by atoms with van der Waals surface area (Å²) in [6.07, 6.45) is 8.74.